The highest BCUT2D eigenvalue weighted by molar-refractivity contribution is 7.16. The average molecular weight is 424 g/mol. The lowest BCUT2D eigenvalue weighted by molar-refractivity contribution is -0.118. The molecular weight excluding hydrogens is 398 g/mol. The van der Waals surface area contributed by atoms with E-state index in [1.807, 2.05) is 31.2 Å². The van der Waals surface area contributed by atoms with Crippen molar-refractivity contribution < 1.29 is 19.1 Å². The summed E-state index contributed by atoms with van der Waals surface area (Å²) in [7, 11) is 0. The van der Waals surface area contributed by atoms with Gasteiger partial charge in [0.25, 0.3) is 5.91 Å². The highest BCUT2D eigenvalue weighted by Crippen LogP contribution is 2.29. The predicted molar refractivity (Wildman–Crippen MR) is 120 cm³/mol. The Bertz CT molecular complexity index is 1010. The summed E-state index contributed by atoms with van der Waals surface area (Å²) in [6.45, 7) is 5.94. The van der Waals surface area contributed by atoms with Crippen molar-refractivity contribution in [2.45, 2.75) is 27.2 Å². The Balaban J connectivity index is 1.60. The summed E-state index contributed by atoms with van der Waals surface area (Å²) in [5.41, 5.74) is 3.81. The van der Waals surface area contributed by atoms with Crippen LogP contribution in [0.3, 0.4) is 0 Å². The second-order valence-electron chi connectivity index (χ2n) is 6.76. The van der Waals surface area contributed by atoms with E-state index in [4.69, 9.17) is 9.47 Å². The van der Waals surface area contributed by atoms with Gasteiger partial charge in [0.15, 0.2) is 6.61 Å². The summed E-state index contributed by atoms with van der Waals surface area (Å²) in [4.78, 5) is 25.5. The van der Waals surface area contributed by atoms with E-state index in [9.17, 15) is 9.59 Å². The number of rotatable bonds is 8. The average Bonchev–Trinajstić information content (AvgIpc) is 3.16. The molecule has 1 aromatic heterocycles. The Morgan fingerprint density at radius 1 is 0.967 bits per heavy atom. The molecule has 0 saturated heterocycles. The highest BCUT2D eigenvalue weighted by atomic mass is 32.1. The van der Waals surface area contributed by atoms with Crippen molar-refractivity contribution in [3.63, 3.8) is 0 Å². The number of thiophene rings is 1. The van der Waals surface area contributed by atoms with Gasteiger partial charge >= 0.3 is 5.97 Å². The van der Waals surface area contributed by atoms with E-state index < -0.39 is 5.97 Å². The zero-order chi connectivity index (χ0) is 21.5. The normalized spacial score (nSPS) is 10.5. The van der Waals surface area contributed by atoms with Crippen molar-refractivity contribution in [3.8, 4) is 16.9 Å². The third kappa shape index (κ3) is 5.48. The lowest BCUT2D eigenvalue weighted by atomic mass is 10.0. The van der Waals surface area contributed by atoms with E-state index in [1.165, 1.54) is 16.9 Å². The number of nitrogens with one attached hydrogen (secondary N) is 1. The van der Waals surface area contributed by atoms with E-state index in [-0.39, 0.29) is 19.1 Å². The van der Waals surface area contributed by atoms with E-state index in [1.54, 1.807) is 13.0 Å². The first-order chi connectivity index (χ1) is 14.5. The predicted octanol–water partition coefficient (Wildman–Crippen LogP) is 5.48. The van der Waals surface area contributed by atoms with E-state index in [0.29, 0.717) is 16.3 Å². The lowest BCUT2D eigenvalue weighted by Crippen LogP contribution is -2.21. The fourth-order valence-corrected chi connectivity index (χ4v) is 3.87. The highest BCUT2D eigenvalue weighted by Gasteiger charge is 2.18. The molecule has 5 nitrogen and oxygen atoms in total. The monoisotopic (exact) mass is 423 g/mol. The van der Waals surface area contributed by atoms with Crippen LogP contribution in [0.5, 0.6) is 5.75 Å². The van der Waals surface area contributed by atoms with Crippen LogP contribution >= 0.6 is 11.3 Å². The Kier molecular flexibility index (Phi) is 7.25. The molecule has 1 amide bonds. The smallest absolute Gasteiger partial charge is 0.341 e. The molecule has 2 aromatic carbocycles. The maximum atomic E-state index is 12.4. The van der Waals surface area contributed by atoms with Crippen molar-refractivity contribution in [3.05, 3.63) is 70.6 Å². The van der Waals surface area contributed by atoms with Crippen LogP contribution in [-0.4, -0.2) is 25.1 Å². The Morgan fingerprint density at radius 3 is 2.20 bits per heavy atom. The van der Waals surface area contributed by atoms with Gasteiger partial charge in [0.1, 0.15) is 10.8 Å². The molecule has 3 aromatic rings. The van der Waals surface area contributed by atoms with Gasteiger partial charge in [-0.15, -0.1) is 11.3 Å². The molecule has 1 N–H and O–H groups in total. The quantitative estimate of drug-likeness (QED) is 0.487. The number of carbonyl (C=O) groups excluding carboxylic acids is 2. The van der Waals surface area contributed by atoms with Gasteiger partial charge in [-0.1, -0.05) is 48.9 Å². The summed E-state index contributed by atoms with van der Waals surface area (Å²) >= 11 is 1.38. The van der Waals surface area contributed by atoms with Crippen molar-refractivity contribution in [2.75, 3.05) is 18.5 Å². The van der Waals surface area contributed by atoms with Gasteiger partial charge in [-0.2, -0.15) is 0 Å². The van der Waals surface area contributed by atoms with Crippen LogP contribution in [0.4, 0.5) is 5.00 Å². The lowest BCUT2D eigenvalue weighted by Gasteiger charge is -2.09. The molecule has 0 radical (unpaired) electrons. The number of hydrogen-bond acceptors (Lipinski definition) is 5. The van der Waals surface area contributed by atoms with Gasteiger partial charge < -0.3 is 14.8 Å². The fraction of sp³-hybridized carbons (Fsp3) is 0.250. The molecule has 0 spiro atoms. The number of anilines is 1. The molecule has 156 valence electrons. The Morgan fingerprint density at radius 2 is 1.60 bits per heavy atom. The van der Waals surface area contributed by atoms with Crippen LogP contribution in [0.15, 0.2) is 54.6 Å². The van der Waals surface area contributed by atoms with Gasteiger partial charge in [0.05, 0.1) is 12.2 Å². The Hall–Kier alpha value is -3.12. The molecule has 0 aliphatic heterocycles. The number of esters is 1. The van der Waals surface area contributed by atoms with Crippen LogP contribution in [0, 0.1) is 6.92 Å². The molecule has 30 heavy (non-hydrogen) atoms. The number of amides is 1. The van der Waals surface area contributed by atoms with Crippen LogP contribution in [0.25, 0.3) is 11.1 Å². The first-order valence-corrected chi connectivity index (χ1v) is 10.7. The third-order valence-corrected chi connectivity index (χ3v) is 5.68. The molecule has 0 atom stereocenters. The van der Waals surface area contributed by atoms with E-state index >= 15 is 0 Å². The fourth-order valence-electron chi connectivity index (χ4n) is 2.87. The molecule has 1 heterocycles. The van der Waals surface area contributed by atoms with Gasteiger partial charge in [0, 0.05) is 4.88 Å². The van der Waals surface area contributed by atoms with Crippen LogP contribution in [-0.2, 0) is 16.0 Å². The number of carbonyl (C=O) groups is 2. The minimum atomic E-state index is -0.434. The minimum absolute atomic E-state index is 0.147. The van der Waals surface area contributed by atoms with Crippen molar-refractivity contribution >= 4 is 28.2 Å². The Labute approximate surface area is 180 Å². The molecule has 0 fully saturated rings. The molecular formula is C24H25NO4S. The molecule has 3 rings (SSSR count). The van der Waals surface area contributed by atoms with Crippen LogP contribution < -0.4 is 10.1 Å². The van der Waals surface area contributed by atoms with Gasteiger partial charge in [0.2, 0.25) is 0 Å². The first kappa shape index (κ1) is 21.6. The molecule has 0 bridgehead atoms. The third-order valence-electron chi connectivity index (χ3n) is 4.49. The van der Waals surface area contributed by atoms with Crippen LogP contribution in [0.2, 0.25) is 0 Å². The molecule has 6 heteroatoms. The second-order valence-corrected chi connectivity index (χ2v) is 7.89. The maximum absolute atomic E-state index is 12.4. The first-order valence-electron chi connectivity index (χ1n) is 9.89. The number of ether oxygens (including phenoxy) is 2. The zero-order valence-electron chi connectivity index (χ0n) is 17.4. The standard InChI is InChI=1S/C24H25NO4S/c1-4-20-14-21(24(27)28-5-2)23(30-20)25-22(26)15-29-19-12-10-18(11-13-19)17-8-6-16(3)7-9-17/h6-14H,4-5,15H2,1-3H3,(H,25,26). The van der Waals surface area contributed by atoms with Crippen LogP contribution in [0.1, 0.15) is 34.6 Å². The van der Waals surface area contributed by atoms with E-state index in [2.05, 4.69) is 36.5 Å². The number of benzene rings is 2. The van der Waals surface area contributed by atoms with Crippen molar-refractivity contribution in [2.24, 2.45) is 0 Å². The van der Waals surface area contributed by atoms with Gasteiger partial charge in [-0.3, -0.25) is 4.79 Å². The summed E-state index contributed by atoms with van der Waals surface area (Å²) < 4.78 is 10.7. The topological polar surface area (TPSA) is 64.6 Å². The molecule has 0 saturated carbocycles. The van der Waals surface area contributed by atoms with Gasteiger partial charge in [-0.05, 0) is 49.6 Å². The summed E-state index contributed by atoms with van der Waals surface area (Å²) in [5, 5.41) is 3.27. The molecule has 0 aliphatic rings. The maximum Gasteiger partial charge on any atom is 0.341 e. The summed E-state index contributed by atoms with van der Waals surface area (Å²) in [6.07, 6.45) is 0.775. The van der Waals surface area contributed by atoms with Crippen molar-refractivity contribution in [1.82, 2.24) is 0 Å². The largest absolute Gasteiger partial charge is 0.484 e. The number of aryl methyl sites for hydroxylation is 2. The van der Waals surface area contributed by atoms with Crippen molar-refractivity contribution in [1.29, 1.82) is 0 Å². The zero-order valence-corrected chi connectivity index (χ0v) is 18.2. The second kappa shape index (κ2) is 10.1. The SMILES string of the molecule is CCOC(=O)c1cc(CC)sc1NC(=O)COc1ccc(-c2ccc(C)cc2)cc1. The van der Waals surface area contributed by atoms with E-state index in [0.717, 1.165) is 22.4 Å². The summed E-state index contributed by atoms with van der Waals surface area (Å²) in [5.74, 6) is -0.156. The minimum Gasteiger partial charge on any atom is -0.484 e. The van der Waals surface area contributed by atoms with Gasteiger partial charge in [-0.25, -0.2) is 4.79 Å². The summed E-state index contributed by atoms with van der Waals surface area (Å²) in [6, 6.07) is 17.7. The molecule has 0 unspecified atom stereocenters. The number of hydrogen-bond donors (Lipinski definition) is 1. The molecule has 0 aliphatic carbocycles.